The fourth-order valence-corrected chi connectivity index (χ4v) is 3.56. The Morgan fingerprint density at radius 2 is 1.70 bits per heavy atom. The van der Waals surface area contributed by atoms with Crippen molar-refractivity contribution in [1.82, 2.24) is 9.80 Å². The van der Waals surface area contributed by atoms with Crippen molar-refractivity contribution in [2.75, 3.05) is 46.9 Å². The van der Waals surface area contributed by atoms with Crippen molar-refractivity contribution in [3.05, 3.63) is 59.2 Å². The molecule has 7 heteroatoms. The van der Waals surface area contributed by atoms with E-state index in [1.807, 2.05) is 18.2 Å². The lowest BCUT2D eigenvalue weighted by atomic mass is 10.1. The minimum Gasteiger partial charge on any atom is -0.493 e. The van der Waals surface area contributed by atoms with Gasteiger partial charge in [0.05, 0.1) is 12.7 Å². The van der Waals surface area contributed by atoms with Gasteiger partial charge in [0, 0.05) is 26.2 Å². The molecule has 0 aromatic heterocycles. The van der Waals surface area contributed by atoms with Gasteiger partial charge in [-0.05, 0) is 61.8 Å². The predicted octanol–water partition coefficient (Wildman–Crippen LogP) is 4.47. The number of hydrogen-bond donors (Lipinski definition) is 0. The summed E-state index contributed by atoms with van der Waals surface area (Å²) in [7, 11) is 3.72. The summed E-state index contributed by atoms with van der Waals surface area (Å²) >= 11 is 0. The van der Waals surface area contributed by atoms with Crippen molar-refractivity contribution in [1.29, 1.82) is 0 Å². The molecule has 0 unspecified atom stereocenters. The summed E-state index contributed by atoms with van der Waals surface area (Å²) in [5.74, 6) is 1.12. The Morgan fingerprint density at radius 1 is 0.933 bits per heavy atom. The normalized spacial score (nSPS) is 15.9. The molecule has 1 saturated heterocycles. The van der Waals surface area contributed by atoms with Crippen molar-refractivity contribution in [3.63, 3.8) is 0 Å². The molecule has 0 amide bonds. The van der Waals surface area contributed by atoms with Crippen LogP contribution in [0.25, 0.3) is 0 Å². The van der Waals surface area contributed by atoms with E-state index in [2.05, 4.69) is 16.8 Å². The van der Waals surface area contributed by atoms with Crippen LogP contribution in [-0.4, -0.2) is 56.7 Å². The van der Waals surface area contributed by atoms with E-state index in [1.54, 1.807) is 13.2 Å². The minimum atomic E-state index is -4.36. The maximum atomic E-state index is 12.9. The fraction of sp³-hybridized carbons (Fsp3) is 0.478. The molecule has 4 nitrogen and oxygen atoms in total. The zero-order chi connectivity index (χ0) is 21.6. The first-order valence-corrected chi connectivity index (χ1v) is 10.2. The molecule has 0 spiro atoms. The summed E-state index contributed by atoms with van der Waals surface area (Å²) in [6.45, 7) is 5.58. The SMILES string of the molecule is COc1cc(CCCN2CCN(C)CC2)ccc1OCc1cccc(C(F)(F)F)c1. The largest absolute Gasteiger partial charge is 0.493 e. The number of benzene rings is 2. The molecule has 0 N–H and O–H groups in total. The van der Waals surface area contributed by atoms with Crippen LogP contribution in [0.2, 0.25) is 0 Å². The highest BCUT2D eigenvalue weighted by Gasteiger charge is 2.30. The van der Waals surface area contributed by atoms with Crippen molar-refractivity contribution >= 4 is 0 Å². The zero-order valence-corrected chi connectivity index (χ0v) is 17.5. The number of aryl methyl sites for hydroxylation is 1. The zero-order valence-electron chi connectivity index (χ0n) is 17.5. The van der Waals surface area contributed by atoms with Crippen LogP contribution in [0.1, 0.15) is 23.1 Å². The second kappa shape index (κ2) is 10.2. The first kappa shape index (κ1) is 22.4. The second-order valence-corrected chi connectivity index (χ2v) is 7.72. The summed E-state index contributed by atoms with van der Waals surface area (Å²) in [6, 6.07) is 11.0. The molecule has 164 valence electrons. The third-order valence-electron chi connectivity index (χ3n) is 5.41. The highest BCUT2D eigenvalue weighted by Crippen LogP contribution is 2.31. The van der Waals surface area contributed by atoms with Crippen LogP contribution in [-0.2, 0) is 19.2 Å². The van der Waals surface area contributed by atoms with E-state index in [-0.39, 0.29) is 6.61 Å². The number of hydrogen-bond acceptors (Lipinski definition) is 4. The van der Waals surface area contributed by atoms with E-state index in [1.165, 1.54) is 6.07 Å². The summed E-state index contributed by atoms with van der Waals surface area (Å²) in [5, 5.41) is 0. The molecule has 1 heterocycles. The van der Waals surface area contributed by atoms with Gasteiger partial charge in [-0.15, -0.1) is 0 Å². The minimum absolute atomic E-state index is 0.0447. The molecule has 0 radical (unpaired) electrons. The van der Waals surface area contributed by atoms with Gasteiger partial charge in [0.15, 0.2) is 11.5 Å². The van der Waals surface area contributed by atoms with Gasteiger partial charge in [-0.2, -0.15) is 13.2 Å². The van der Waals surface area contributed by atoms with Crippen molar-refractivity contribution in [3.8, 4) is 11.5 Å². The van der Waals surface area contributed by atoms with Crippen LogP contribution in [0.4, 0.5) is 13.2 Å². The van der Waals surface area contributed by atoms with E-state index in [0.717, 1.165) is 63.3 Å². The fourth-order valence-electron chi connectivity index (χ4n) is 3.56. The van der Waals surface area contributed by atoms with E-state index in [4.69, 9.17) is 9.47 Å². The Labute approximate surface area is 176 Å². The Bertz CT molecular complexity index is 818. The highest BCUT2D eigenvalue weighted by atomic mass is 19.4. The molecule has 1 aliphatic heterocycles. The average molecular weight is 422 g/mol. The molecule has 3 rings (SSSR count). The number of nitrogens with zero attached hydrogens (tertiary/aromatic N) is 2. The number of likely N-dealkylation sites (N-methyl/N-ethyl adjacent to an activating group) is 1. The van der Waals surface area contributed by atoms with Gasteiger partial charge in [0.1, 0.15) is 6.61 Å². The van der Waals surface area contributed by atoms with Crippen LogP contribution in [0.5, 0.6) is 11.5 Å². The Kier molecular flexibility index (Phi) is 7.61. The molecular weight excluding hydrogens is 393 g/mol. The van der Waals surface area contributed by atoms with Crippen LogP contribution in [0.15, 0.2) is 42.5 Å². The molecule has 0 saturated carbocycles. The smallest absolute Gasteiger partial charge is 0.416 e. The van der Waals surface area contributed by atoms with Gasteiger partial charge in [-0.25, -0.2) is 0 Å². The quantitative estimate of drug-likeness (QED) is 0.627. The number of ether oxygens (including phenoxy) is 2. The van der Waals surface area contributed by atoms with Gasteiger partial charge in [-0.3, -0.25) is 0 Å². The lowest BCUT2D eigenvalue weighted by Crippen LogP contribution is -2.44. The summed E-state index contributed by atoms with van der Waals surface area (Å²) < 4.78 is 49.8. The molecule has 0 aliphatic carbocycles. The van der Waals surface area contributed by atoms with Crippen molar-refractivity contribution in [2.45, 2.75) is 25.6 Å². The van der Waals surface area contributed by atoms with E-state index in [0.29, 0.717) is 17.1 Å². The van der Waals surface area contributed by atoms with Gasteiger partial charge in [0.2, 0.25) is 0 Å². The van der Waals surface area contributed by atoms with Gasteiger partial charge in [0.25, 0.3) is 0 Å². The summed E-state index contributed by atoms with van der Waals surface area (Å²) in [6.07, 6.45) is -2.35. The average Bonchev–Trinajstić information content (AvgIpc) is 2.73. The maximum Gasteiger partial charge on any atom is 0.416 e. The number of piperazine rings is 1. The lowest BCUT2D eigenvalue weighted by Gasteiger charge is -2.32. The second-order valence-electron chi connectivity index (χ2n) is 7.72. The predicted molar refractivity (Wildman–Crippen MR) is 111 cm³/mol. The van der Waals surface area contributed by atoms with E-state index >= 15 is 0 Å². The Morgan fingerprint density at radius 3 is 2.40 bits per heavy atom. The van der Waals surface area contributed by atoms with Gasteiger partial charge < -0.3 is 19.3 Å². The molecule has 2 aromatic rings. The van der Waals surface area contributed by atoms with Crippen LogP contribution in [0.3, 0.4) is 0 Å². The number of methoxy groups -OCH3 is 1. The molecule has 2 aromatic carbocycles. The first-order chi connectivity index (χ1) is 14.3. The number of halogens is 3. The number of alkyl halides is 3. The van der Waals surface area contributed by atoms with Gasteiger partial charge >= 0.3 is 6.18 Å². The van der Waals surface area contributed by atoms with Crippen molar-refractivity contribution in [2.24, 2.45) is 0 Å². The maximum absolute atomic E-state index is 12.9. The van der Waals surface area contributed by atoms with Crippen molar-refractivity contribution < 1.29 is 22.6 Å². The molecule has 0 bridgehead atoms. The monoisotopic (exact) mass is 422 g/mol. The molecule has 1 fully saturated rings. The Hall–Kier alpha value is -2.25. The van der Waals surface area contributed by atoms with E-state index in [9.17, 15) is 13.2 Å². The molecule has 30 heavy (non-hydrogen) atoms. The summed E-state index contributed by atoms with van der Waals surface area (Å²) in [5.41, 5.74) is 0.946. The van der Waals surface area contributed by atoms with Crippen LogP contribution >= 0.6 is 0 Å². The molecule has 1 aliphatic rings. The lowest BCUT2D eigenvalue weighted by molar-refractivity contribution is -0.137. The first-order valence-electron chi connectivity index (χ1n) is 10.2. The molecular formula is C23H29F3N2O2. The molecule has 0 atom stereocenters. The topological polar surface area (TPSA) is 24.9 Å². The van der Waals surface area contributed by atoms with Gasteiger partial charge in [-0.1, -0.05) is 18.2 Å². The van der Waals surface area contributed by atoms with Crippen LogP contribution < -0.4 is 9.47 Å². The summed E-state index contributed by atoms with van der Waals surface area (Å²) in [4.78, 5) is 4.84. The number of rotatable bonds is 8. The standard InChI is InChI=1S/C23H29F3N2O2/c1-27-11-13-28(14-12-27)10-4-6-18-8-9-21(22(16-18)29-2)30-17-19-5-3-7-20(15-19)23(24,25)26/h3,5,7-9,15-16H,4,6,10-14,17H2,1-2H3. The van der Waals surface area contributed by atoms with E-state index < -0.39 is 11.7 Å². The highest BCUT2D eigenvalue weighted by molar-refractivity contribution is 5.43. The third-order valence-corrected chi connectivity index (χ3v) is 5.41. The third kappa shape index (κ3) is 6.37. The Balaban J connectivity index is 1.54. The van der Waals surface area contributed by atoms with Crippen LogP contribution in [0, 0.1) is 0 Å².